The van der Waals surface area contributed by atoms with Gasteiger partial charge in [0.15, 0.2) is 0 Å². The Morgan fingerprint density at radius 1 is 1.12 bits per heavy atom. The summed E-state index contributed by atoms with van der Waals surface area (Å²) in [4.78, 5) is 13.9. The van der Waals surface area contributed by atoms with Gasteiger partial charge in [-0.2, -0.15) is 5.10 Å². The van der Waals surface area contributed by atoms with Gasteiger partial charge in [-0.3, -0.25) is 4.68 Å². The second-order valence-corrected chi connectivity index (χ2v) is 12.4. The highest BCUT2D eigenvalue weighted by atomic mass is 35.5. The first kappa shape index (κ1) is 26.4. The first-order valence-corrected chi connectivity index (χ1v) is 15.1. The summed E-state index contributed by atoms with van der Waals surface area (Å²) in [5.74, 6) is 1.69. The fraction of sp³-hybridized carbons (Fsp3) is 0.323. The number of hydrogen-bond acceptors (Lipinski definition) is 7. The van der Waals surface area contributed by atoms with E-state index in [1.54, 1.807) is 23.7 Å². The van der Waals surface area contributed by atoms with Gasteiger partial charge >= 0.3 is 0 Å². The van der Waals surface area contributed by atoms with Crippen molar-refractivity contribution in [1.82, 2.24) is 24.6 Å². The molecule has 2 aromatic carbocycles. The smallest absolute Gasteiger partial charge is 0.142 e. The number of fused-ring (bicyclic) bond motifs is 5. The van der Waals surface area contributed by atoms with Gasteiger partial charge in [0.05, 0.1) is 16.1 Å². The molecule has 1 N–H and O–H groups in total. The van der Waals surface area contributed by atoms with Crippen LogP contribution in [0.2, 0.25) is 5.02 Å². The lowest BCUT2D eigenvalue weighted by Crippen LogP contribution is -2.32. The van der Waals surface area contributed by atoms with E-state index in [4.69, 9.17) is 21.4 Å². The zero-order chi connectivity index (χ0) is 27.9. The maximum atomic E-state index is 13.5. The SMILES string of the molecule is CN1CCC(Cn2cc3c(n2)CCc2c-3sc3ncnc(Nc4ccc(OCc5cccc(F)c5)c(Cl)c4)c23)CC1. The molecule has 0 bridgehead atoms. The van der Waals surface area contributed by atoms with Crippen LogP contribution in [0.1, 0.15) is 29.7 Å². The van der Waals surface area contributed by atoms with Gasteiger partial charge in [0.2, 0.25) is 0 Å². The number of nitrogens with one attached hydrogen (secondary N) is 1. The molecule has 1 fully saturated rings. The van der Waals surface area contributed by atoms with Crippen molar-refractivity contribution < 1.29 is 9.13 Å². The lowest BCUT2D eigenvalue weighted by atomic mass is 9.95. The Morgan fingerprint density at radius 3 is 2.83 bits per heavy atom. The van der Waals surface area contributed by atoms with E-state index < -0.39 is 0 Å². The van der Waals surface area contributed by atoms with E-state index in [2.05, 4.69) is 38.1 Å². The number of anilines is 2. The molecule has 7 nitrogen and oxygen atoms in total. The molecule has 1 saturated heterocycles. The fourth-order valence-corrected chi connectivity index (χ4v) is 7.30. The second-order valence-electron chi connectivity index (χ2n) is 11.0. The molecule has 0 amide bonds. The number of halogens is 2. The van der Waals surface area contributed by atoms with Crippen molar-refractivity contribution >= 4 is 44.7 Å². The Kier molecular flexibility index (Phi) is 7.10. The number of piperidine rings is 1. The number of hydrogen-bond donors (Lipinski definition) is 1. The number of rotatable bonds is 7. The molecule has 0 saturated carbocycles. The van der Waals surface area contributed by atoms with Gasteiger partial charge in [0.1, 0.15) is 35.1 Å². The van der Waals surface area contributed by atoms with E-state index in [1.165, 1.54) is 46.7 Å². The average Bonchev–Trinajstić information content (AvgIpc) is 3.55. The van der Waals surface area contributed by atoms with Crippen molar-refractivity contribution in [3.8, 4) is 16.2 Å². The summed E-state index contributed by atoms with van der Waals surface area (Å²) >= 11 is 8.27. The van der Waals surface area contributed by atoms with Crippen LogP contribution in [0.25, 0.3) is 20.7 Å². The van der Waals surface area contributed by atoms with Crippen molar-refractivity contribution in [2.75, 3.05) is 25.5 Å². The molecule has 7 rings (SSSR count). The van der Waals surface area contributed by atoms with Crippen LogP contribution in [0.4, 0.5) is 15.9 Å². The monoisotopic (exact) mass is 588 g/mol. The molecule has 0 unspecified atom stereocenters. The van der Waals surface area contributed by atoms with Crippen LogP contribution in [0.15, 0.2) is 55.0 Å². The molecule has 2 aliphatic rings. The molecule has 210 valence electrons. The van der Waals surface area contributed by atoms with Crippen molar-refractivity contribution in [2.24, 2.45) is 5.92 Å². The fourth-order valence-electron chi connectivity index (χ4n) is 5.84. The topological polar surface area (TPSA) is 68.1 Å². The molecule has 0 atom stereocenters. The standard InChI is InChI=1S/C31H30ClFN6OS/c1-38-11-9-19(10-12-38)15-39-16-24-26(37-39)7-6-23-28-30(34-18-35-31(28)41-29(23)24)36-22-5-8-27(25(32)14-22)40-17-20-3-2-4-21(33)13-20/h2-5,8,13-14,16,18-19H,6-7,9-12,15,17H2,1H3,(H,34,35,36). The van der Waals surface area contributed by atoms with Crippen LogP contribution < -0.4 is 10.1 Å². The minimum atomic E-state index is -0.291. The molecule has 5 aromatic rings. The summed E-state index contributed by atoms with van der Waals surface area (Å²) in [7, 11) is 2.20. The summed E-state index contributed by atoms with van der Waals surface area (Å²) in [6.07, 6.45) is 8.11. The predicted octanol–water partition coefficient (Wildman–Crippen LogP) is 7.11. The van der Waals surface area contributed by atoms with E-state index in [0.29, 0.717) is 16.7 Å². The number of aryl methyl sites for hydroxylation is 2. The summed E-state index contributed by atoms with van der Waals surface area (Å²) in [6, 6.07) is 11.9. The van der Waals surface area contributed by atoms with Gasteiger partial charge in [-0.1, -0.05) is 23.7 Å². The van der Waals surface area contributed by atoms with Crippen LogP contribution in [-0.2, 0) is 26.0 Å². The zero-order valence-electron chi connectivity index (χ0n) is 22.7. The average molecular weight is 589 g/mol. The molecule has 0 spiro atoms. The van der Waals surface area contributed by atoms with Crippen molar-refractivity contribution in [3.05, 3.63) is 82.6 Å². The maximum Gasteiger partial charge on any atom is 0.142 e. The van der Waals surface area contributed by atoms with Crippen LogP contribution in [0.3, 0.4) is 0 Å². The molecular weight excluding hydrogens is 559 g/mol. The third kappa shape index (κ3) is 5.41. The van der Waals surface area contributed by atoms with E-state index in [1.807, 2.05) is 24.3 Å². The summed E-state index contributed by atoms with van der Waals surface area (Å²) in [5, 5.41) is 9.98. The van der Waals surface area contributed by atoms with Crippen molar-refractivity contribution in [1.29, 1.82) is 0 Å². The Morgan fingerprint density at radius 2 is 2.00 bits per heavy atom. The van der Waals surface area contributed by atoms with E-state index >= 15 is 0 Å². The maximum absolute atomic E-state index is 13.5. The van der Waals surface area contributed by atoms with E-state index in [-0.39, 0.29) is 12.4 Å². The van der Waals surface area contributed by atoms with Crippen LogP contribution in [0, 0.1) is 11.7 Å². The molecule has 41 heavy (non-hydrogen) atoms. The van der Waals surface area contributed by atoms with Gasteiger partial charge in [0.25, 0.3) is 0 Å². The lowest BCUT2D eigenvalue weighted by molar-refractivity contribution is 0.201. The van der Waals surface area contributed by atoms with Gasteiger partial charge < -0.3 is 15.0 Å². The normalized spacial score (nSPS) is 15.6. The predicted molar refractivity (Wildman–Crippen MR) is 162 cm³/mol. The first-order valence-electron chi connectivity index (χ1n) is 14.0. The second kappa shape index (κ2) is 11.0. The number of nitrogens with zero attached hydrogens (tertiary/aromatic N) is 5. The first-order chi connectivity index (χ1) is 20.0. The van der Waals surface area contributed by atoms with Gasteiger partial charge in [-0.15, -0.1) is 11.3 Å². The quantitative estimate of drug-likeness (QED) is 0.218. The largest absolute Gasteiger partial charge is 0.487 e. The highest BCUT2D eigenvalue weighted by molar-refractivity contribution is 7.22. The van der Waals surface area contributed by atoms with Crippen LogP contribution in [-0.4, -0.2) is 44.8 Å². The highest BCUT2D eigenvalue weighted by Gasteiger charge is 2.27. The lowest BCUT2D eigenvalue weighted by Gasteiger charge is -2.28. The molecule has 1 aliphatic heterocycles. The molecule has 10 heteroatoms. The van der Waals surface area contributed by atoms with Crippen molar-refractivity contribution in [2.45, 2.75) is 38.8 Å². The summed E-state index contributed by atoms with van der Waals surface area (Å²) < 4.78 is 21.5. The highest BCUT2D eigenvalue weighted by Crippen LogP contribution is 2.45. The number of thiophene rings is 1. The zero-order valence-corrected chi connectivity index (χ0v) is 24.3. The Hall–Kier alpha value is -3.53. The van der Waals surface area contributed by atoms with Crippen LogP contribution >= 0.6 is 22.9 Å². The third-order valence-corrected chi connectivity index (χ3v) is 9.51. The van der Waals surface area contributed by atoms with E-state index in [0.717, 1.165) is 59.8 Å². The van der Waals surface area contributed by atoms with Gasteiger partial charge in [-0.25, -0.2) is 14.4 Å². The molecule has 1 aliphatic carbocycles. The third-order valence-electron chi connectivity index (χ3n) is 8.04. The minimum Gasteiger partial charge on any atom is -0.487 e. The van der Waals surface area contributed by atoms with Crippen molar-refractivity contribution in [3.63, 3.8) is 0 Å². The molecule has 0 radical (unpaired) electrons. The summed E-state index contributed by atoms with van der Waals surface area (Å²) in [6.45, 7) is 3.54. The summed E-state index contributed by atoms with van der Waals surface area (Å²) in [5.41, 5.74) is 5.23. The van der Waals surface area contributed by atoms with Gasteiger partial charge in [-0.05, 0) is 93.2 Å². The Labute approximate surface area is 247 Å². The molecule has 3 aromatic heterocycles. The Balaban J connectivity index is 1.11. The minimum absolute atomic E-state index is 0.231. The number of aromatic nitrogens is 4. The number of likely N-dealkylation sites (tertiary alicyclic amines) is 1. The molecular formula is C31H30ClFN6OS. The Bertz CT molecular complexity index is 1730. The van der Waals surface area contributed by atoms with Gasteiger partial charge in [0, 0.05) is 28.9 Å². The van der Waals surface area contributed by atoms with Crippen LogP contribution in [0.5, 0.6) is 5.75 Å². The van der Waals surface area contributed by atoms with E-state index in [9.17, 15) is 4.39 Å². The molecule has 4 heterocycles. The number of benzene rings is 2. The number of ether oxygens (including phenoxy) is 1.